The van der Waals surface area contributed by atoms with Crippen LogP contribution in [-0.2, 0) is 0 Å². The van der Waals surface area contributed by atoms with Crippen molar-refractivity contribution in [1.82, 2.24) is 15.0 Å². The standard InChI is InChI=1S/C17H15ClN4O/c1-11-3-9-15(10-4-11)22-12(2)16(20-21-22)17(23)19-14-7-5-13(18)6-8-14/h3-10H,1-2H3,(H,19,23). The van der Waals surface area contributed by atoms with Gasteiger partial charge in [-0.15, -0.1) is 5.10 Å². The first kappa shape index (κ1) is 15.2. The van der Waals surface area contributed by atoms with Gasteiger partial charge in [0.25, 0.3) is 5.91 Å². The van der Waals surface area contributed by atoms with Crippen molar-refractivity contribution in [2.75, 3.05) is 5.32 Å². The molecule has 6 heteroatoms. The van der Waals surface area contributed by atoms with E-state index in [1.165, 1.54) is 0 Å². The smallest absolute Gasteiger partial charge is 0.278 e. The summed E-state index contributed by atoms with van der Waals surface area (Å²) in [5, 5.41) is 11.5. The largest absolute Gasteiger partial charge is 0.321 e. The van der Waals surface area contributed by atoms with Gasteiger partial charge in [0, 0.05) is 10.7 Å². The predicted molar refractivity (Wildman–Crippen MR) is 90.2 cm³/mol. The van der Waals surface area contributed by atoms with Crippen LogP contribution in [0.5, 0.6) is 0 Å². The van der Waals surface area contributed by atoms with E-state index >= 15 is 0 Å². The van der Waals surface area contributed by atoms with E-state index in [0.717, 1.165) is 11.3 Å². The average Bonchev–Trinajstić information content (AvgIpc) is 2.92. The molecule has 0 aliphatic rings. The molecule has 0 aliphatic heterocycles. The number of benzene rings is 2. The maximum absolute atomic E-state index is 12.4. The first-order chi connectivity index (χ1) is 11.0. The third kappa shape index (κ3) is 3.24. The monoisotopic (exact) mass is 326 g/mol. The average molecular weight is 327 g/mol. The molecule has 0 spiro atoms. The van der Waals surface area contributed by atoms with E-state index < -0.39 is 0 Å². The van der Waals surface area contributed by atoms with Crippen molar-refractivity contribution < 1.29 is 4.79 Å². The second-order valence-corrected chi connectivity index (χ2v) is 5.67. The van der Waals surface area contributed by atoms with Gasteiger partial charge in [-0.2, -0.15) is 0 Å². The molecule has 0 fully saturated rings. The molecule has 1 heterocycles. The zero-order valence-corrected chi connectivity index (χ0v) is 13.5. The van der Waals surface area contributed by atoms with E-state index in [9.17, 15) is 4.79 Å². The number of halogens is 1. The third-order valence-corrected chi connectivity index (χ3v) is 3.74. The molecule has 1 amide bonds. The number of aromatic nitrogens is 3. The number of amides is 1. The molecule has 0 radical (unpaired) electrons. The molecular formula is C17H15ClN4O. The maximum Gasteiger partial charge on any atom is 0.278 e. The Morgan fingerprint density at radius 3 is 2.35 bits per heavy atom. The van der Waals surface area contributed by atoms with Crippen LogP contribution in [0.15, 0.2) is 48.5 Å². The van der Waals surface area contributed by atoms with Crippen molar-refractivity contribution in [3.63, 3.8) is 0 Å². The van der Waals surface area contributed by atoms with Gasteiger partial charge in [0.05, 0.1) is 11.4 Å². The number of hydrogen-bond acceptors (Lipinski definition) is 3. The van der Waals surface area contributed by atoms with E-state index in [4.69, 9.17) is 11.6 Å². The zero-order chi connectivity index (χ0) is 16.4. The molecule has 3 rings (SSSR count). The molecule has 0 unspecified atom stereocenters. The van der Waals surface area contributed by atoms with Crippen LogP contribution in [0.2, 0.25) is 5.02 Å². The van der Waals surface area contributed by atoms with Crippen molar-refractivity contribution in [2.24, 2.45) is 0 Å². The fourth-order valence-electron chi connectivity index (χ4n) is 2.19. The van der Waals surface area contributed by atoms with Crippen LogP contribution < -0.4 is 5.32 Å². The molecule has 0 saturated carbocycles. The minimum atomic E-state index is -0.303. The topological polar surface area (TPSA) is 59.8 Å². The highest BCUT2D eigenvalue weighted by molar-refractivity contribution is 6.30. The molecule has 1 N–H and O–H groups in total. The molecule has 0 bridgehead atoms. The Balaban J connectivity index is 1.85. The molecule has 0 saturated heterocycles. The maximum atomic E-state index is 12.4. The van der Waals surface area contributed by atoms with Crippen molar-refractivity contribution in [3.05, 3.63) is 70.5 Å². The summed E-state index contributed by atoms with van der Waals surface area (Å²) < 4.78 is 1.65. The summed E-state index contributed by atoms with van der Waals surface area (Å²) in [4.78, 5) is 12.4. The molecule has 0 aliphatic carbocycles. The van der Waals surface area contributed by atoms with Crippen LogP contribution in [-0.4, -0.2) is 20.9 Å². The number of nitrogens with one attached hydrogen (secondary N) is 1. The van der Waals surface area contributed by atoms with E-state index in [0.29, 0.717) is 22.1 Å². The summed E-state index contributed by atoms with van der Waals surface area (Å²) in [7, 11) is 0. The summed E-state index contributed by atoms with van der Waals surface area (Å²) in [6.07, 6.45) is 0. The number of carbonyl (C=O) groups is 1. The Labute approximate surface area is 138 Å². The normalized spacial score (nSPS) is 10.6. The Kier molecular flexibility index (Phi) is 4.12. The molecule has 3 aromatic rings. The molecule has 23 heavy (non-hydrogen) atoms. The van der Waals surface area contributed by atoms with Gasteiger partial charge in [0.1, 0.15) is 0 Å². The van der Waals surface area contributed by atoms with Crippen LogP contribution in [0.25, 0.3) is 5.69 Å². The Morgan fingerprint density at radius 2 is 1.70 bits per heavy atom. The van der Waals surface area contributed by atoms with Crippen LogP contribution in [0.3, 0.4) is 0 Å². The molecule has 1 aromatic heterocycles. The fourth-order valence-corrected chi connectivity index (χ4v) is 2.32. The van der Waals surface area contributed by atoms with Crippen molar-refractivity contribution >= 4 is 23.2 Å². The van der Waals surface area contributed by atoms with Gasteiger partial charge in [-0.05, 0) is 50.2 Å². The lowest BCUT2D eigenvalue weighted by Gasteiger charge is -2.05. The number of nitrogens with zero attached hydrogens (tertiary/aromatic N) is 3. The summed E-state index contributed by atoms with van der Waals surface area (Å²) in [5.41, 5.74) is 3.66. The number of rotatable bonds is 3. The van der Waals surface area contributed by atoms with E-state index in [1.54, 1.807) is 28.9 Å². The number of hydrogen-bond donors (Lipinski definition) is 1. The number of carbonyl (C=O) groups excluding carboxylic acids is 1. The third-order valence-electron chi connectivity index (χ3n) is 3.49. The molecule has 116 valence electrons. The second-order valence-electron chi connectivity index (χ2n) is 5.23. The van der Waals surface area contributed by atoms with Crippen molar-refractivity contribution in [1.29, 1.82) is 0 Å². The highest BCUT2D eigenvalue weighted by Crippen LogP contribution is 2.16. The van der Waals surface area contributed by atoms with E-state index in [2.05, 4.69) is 15.6 Å². The van der Waals surface area contributed by atoms with Crippen LogP contribution in [0, 0.1) is 13.8 Å². The predicted octanol–water partition coefficient (Wildman–Crippen LogP) is 3.79. The molecular weight excluding hydrogens is 312 g/mol. The fraction of sp³-hybridized carbons (Fsp3) is 0.118. The molecule has 2 aromatic carbocycles. The van der Waals surface area contributed by atoms with Crippen LogP contribution in [0.4, 0.5) is 5.69 Å². The Bertz CT molecular complexity index is 838. The van der Waals surface area contributed by atoms with Gasteiger partial charge in [-0.1, -0.05) is 34.5 Å². The van der Waals surface area contributed by atoms with Gasteiger partial charge in [0.15, 0.2) is 5.69 Å². The second kappa shape index (κ2) is 6.22. The first-order valence-corrected chi connectivity index (χ1v) is 7.48. The van der Waals surface area contributed by atoms with Gasteiger partial charge in [-0.3, -0.25) is 4.79 Å². The van der Waals surface area contributed by atoms with Gasteiger partial charge in [-0.25, -0.2) is 4.68 Å². The Morgan fingerprint density at radius 1 is 1.04 bits per heavy atom. The van der Waals surface area contributed by atoms with E-state index in [1.807, 2.05) is 38.1 Å². The highest BCUT2D eigenvalue weighted by atomic mass is 35.5. The van der Waals surface area contributed by atoms with Crippen LogP contribution >= 0.6 is 11.6 Å². The molecule has 5 nitrogen and oxygen atoms in total. The minimum absolute atomic E-state index is 0.292. The lowest BCUT2D eigenvalue weighted by molar-refractivity contribution is 0.102. The van der Waals surface area contributed by atoms with Gasteiger partial charge < -0.3 is 5.32 Å². The van der Waals surface area contributed by atoms with E-state index in [-0.39, 0.29) is 5.91 Å². The zero-order valence-electron chi connectivity index (χ0n) is 12.7. The quantitative estimate of drug-likeness (QED) is 0.796. The lowest BCUT2D eigenvalue weighted by atomic mass is 10.2. The first-order valence-electron chi connectivity index (χ1n) is 7.11. The van der Waals surface area contributed by atoms with Crippen LogP contribution in [0.1, 0.15) is 21.7 Å². The summed E-state index contributed by atoms with van der Waals surface area (Å²) >= 11 is 5.83. The summed E-state index contributed by atoms with van der Waals surface area (Å²) in [5.74, 6) is -0.303. The SMILES string of the molecule is Cc1ccc(-n2nnc(C(=O)Nc3ccc(Cl)cc3)c2C)cc1. The van der Waals surface area contributed by atoms with Gasteiger partial charge >= 0.3 is 0 Å². The minimum Gasteiger partial charge on any atom is -0.321 e. The lowest BCUT2D eigenvalue weighted by Crippen LogP contribution is -2.14. The Hall–Kier alpha value is -2.66. The summed E-state index contributed by atoms with van der Waals surface area (Å²) in [6, 6.07) is 14.8. The molecule has 0 atom stereocenters. The van der Waals surface area contributed by atoms with Crippen molar-refractivity contribution in [2.45, 2.75) is 13.8 Å². The number of anilines is 1. The summed E-state index contributed by atoms with van der Waals surface area (Å²) in [6.45, 7) is 3.83. The number of aryl methyl sites for hydroxylation is 1. The highest BCUT2D eigenvalue weighted by Gasteiger charge is 2.17. The van der Waals surface area contributed by atoms with Crippen molar-refractivity contribution in [3.8, 4) is 5.69 Å². The van der Waals surface area contributed by atoms with Gasteiger partial charge in [0.2, 0.25) is 0 Å².